The number of likely N-dealkylation sites (N-methyl/N-ethyl adjacent to an activating group) is 1. The van der Waals surface area contributed by atoms with Gasteiger partial charge in [-0.3, -0.25) is 9.78 Å². The summed E-state index contributed by atoms with van der Waals surface area (Å²) in [5.41, 5.74) is -5.25. The molecule has 5 rings (SSSR count). The normalized spacial score (nSPS) is 42.8. The van der Waals surface area contributed by atoms with Crippen LogP contribution in [0.4, 0.5) is 0 Å². The molecule has 0 amide bonds. The fraction of sp³-hybridized carbons (Fsp3) is 0.796. The van der Waals surface area contributed by atoms with E-state index >= 15 is 0 Å². The summed E-state index contributed by atoms with van der Waals surface area (Å²) >= 11 is 0. The Morgan fingerprint density at radius 3 is 2.34 bits per heavy atom. The van der Waals surface area contributed by atoms with Crippen LogP contribution in [-0.2, 0) is 33.2 Å². The molecular formula is C49H82N4O12. The Labute approximate surface area is 387 Å². The van der Waals surface area contributed by atoms with Crippen LogP contribution in [-0.4, -0.2) is 155 Å². The monoisotopic (exact) mass is 919 g/mol. The smallest absolute Gasteiger partial charge is 0.311 e. The van der Waals surface area contributed by atoms with Crippen molar-refractivity contribution in [3.63, 3.8) is 0 Å². The Morgan fingerprint density at radius 1 is 0.954 bits per heavy atom. The quantitative estimate of drug-likeness (QED) is 0.111. The van der Waals surface area contributed by atoms with Gasteiger partial charge in [0.2, 0.25) is 0 Å². The lowest BCUT2D eigenvalue weighted by atomic mass is 9.75. The third kappa shape index (κ3) is 11.8. The van der Waals surface area contributed by atoms with Crippen LogP contribution >= 0.6 is 0 Å². The van der Waals surface area contributed by atoms with Crippen LogP contribution in [0.2, 0.25) is 0 Å². The molecule has 65 heavy (non-hydrogen) atoms. The van der Waals surface area contributed by atoms with Crippen molar-refractivity contribution in [3.8, 4) is 5.75 Å². The average Bonchev–Trinajstić information content (AvgIpc) is 3.26. The first-order valence-electron chi connectivity index (χ1n) is 23.9. The second-order valence-corrected chi connectivity index (χ2v) is 20.0. The number of fused-ring (bicyclic) bond motifs is 1. The standard InChI is InChI=1S/C49H82N4O12/c1-14-21-51-27-49(58)33(8)61-39(25-47(49,10)59-13)64-40-30(5)43(46(9,56)24-28(3)26-53-32(7)42(54)48(11,57)38(15-2)63-44(55)31(40)6)65-45-41(36(50-12)23-29(4)60-45)62-37-20-16-19-35-34(37)18-17-22-52-35/h16-20,22,28-33,36,38-43,45,50-51,53-54,56-58H,14-15,21,23-27H2,1-13H3/t28-,29-,30+,31-,32-,33+,36+,38-,39+,40+,41-,42-,43-,45+,46-,47-,48-,49+/m1/s1. The molecule has 3 aliphatic heterocycles. The maximum Gasteiger partial charge on any atom is 0.311 e. The molecule has 0 bridgehead atoms. The van der Waals surface area contributed by atoms with E-state index in [0.717, 1.165) is 17.3 Å². The van der Waals surface area contributed by atoms with Gasteiger partial charge in [-0.1, -0.05) is 33.8 Å². The van der Waals surface area contributed by atoms with Gasteiger partial charge >= 0.3 is 5.97 Å². The van der Waals surface area contributed by atoms with Crippen LogP contribution in [0, 0.1) is 17.8 Å². The van der Waals surface area contributed by atoms with Crippen LogP contribution in [0.25, 0.3) is 10.9 Å². The van der Waals surface area contributed by atoms with Gasteiger partial charge in [-0.05, 0) is 124 Å². The molecule has 1 aromatic heterocycles. The van der Waals surface area contributed by atoms with E-state index in [9.17, 15) is 25.2 Å². The highest BCUT2D eigenvalue weighted by Gasteiger charge is 2.58. The lowest BCUT2D eigenvalue weighted by molar-refractivity contribution is -0.335. The number of hydrogen-bond donors (Lipinski definition) is 7. The van der Waals surface area contributed by atoms with Crippen LogP contribution in [0.3, 0.4) is 0 Å². The molecule has 2 aromatic rings. The number of ether oxygens (including phenoxy) is 7. The van der Waals surface area contributed by atoms with Gasteiger partial charge in [-0.2, -0.15) is 0 Å². The Balaban J connectivity index is 1.61. The van der Waals surface area contributed by atoms with Crippen LogP contribution in [0.1, 0.15) is 108 Å². The van der Waals surface area contributed by atoms with Gasteiger partial charge in [0, 0.05) is 43.6 Å². The molecule has 370 valence electrons. The zero-order valence-electron chi connectivity index (χ0n) is 41.2. The van der Waals surface area contributed by atoms with Crippen molar-refractivity contribution in [2.24, 2.45) is 17.8 Å². The maximum atomic E-state index is 14.6. The summed E-state index contributed by atoms with van der Waals surface area (Å²) in [7, 11) is 3.42. The summed E-state index contributed by atoms with van der Waals surface area (Å²) in [4.78, 5) is 19.1. The molecule has 1 aromatic carbocycles. The molecule has 0 saturated carbocycles. The lowest BCUT2D eigenvalue weighted by Crippen LogP contribution is -2.70. The highest BCUT2D eigenvalue weighted by molar-refractivity contribution is 5.84. The predicted molar refractivity (Wildman–Crippen MR) is 247 cm³/mol. The molecule has 3 fully saturated rings. The van der Waals surface area contributed by atoms with Crippen LogP contribution in [0.15, 0.2) is 36.5 Å². The van der Waals surface area contributed by atoms with Crippen molar-refractivity contribution >= 4 is 16.9 Å². The Kier molecular flexibility index (Phi) is 18.3. The number of aliphatic hydroxyl groups is 4. The first-order valence-corrected chi connectivity index (χ1v) is 23.9. The molecule has 0 radical (unpaired) electrons. The van der Waals surface area contributed by atoms with Gasteiger partial charge < -0.3 is 69.5 Å². The molecule has 16 heteroatoms. The fourth-order valence-electron chi connectivity index (χ4n) is 10.4. The number of carbonyl (C=O) groups excluding carboxylic acids is 1. The van der Waals surface area contributed by atoms with Crippen molar-refractivity contribution < 1.29 is 58.4 Å². The first kappa shape index (κ1) is 53.4. The van der Waals surface area contributed by atoms with Crippen molar-refractivity contribution in [1.29, 1.82) is 0 Å². The van der Waals surface area contributed by atoms with Gasteiger partial charge in [0.15, 0.2) is 18.7 Å². The molecule has 3 aliphatic rings. The zero-order valence-corrected chi connectivity index (χ0v) is 41.2. The Hall–Kier alpha value is -2.58. The summed E-state index contributed by atoms with van der Waals surface area (Å²) in [5.74, 6) is -2.10. The molecule has 18 atom stereocenters. The SMILES string of the molecule is CCCNC[C@]1(O)[C@H](C)O[C@@H](O[C@H]2[C@H](C)[C@@H](O[C@@H]3O[C@H](C)C[C@H](NC)[C@H]3Oc3cccc4ncccc34)[C@](C)(O)C[C@@H](C)CN[C@H](C)[C@@H](O)[C@](C)(O)[C@@H](CC)OC(=O)[C@@H]2C)C[C@@]1(C)OC. The van der Waals surface area contributed by atoms with E-state index in [2.05, 4.69) is 20.9 Å². The van der Waals surface area contributed by atoms with Gasteiger partial charge in [-0.25, -0.2) is 0 Å². The number of hydrogen-bond acceptors (Lipinski definition) is 16. The Morgan fingerprint density at radius 2 is 1.68 bits per heavy atom. The predicted octanol–water partition coefficient (Wildman–Crippen LogP) is 4.22. The number of pyridine rings is 1. The van der Waals surface area contributed by atoms with Crippen LogP contribution < -0.4 is 20.7 Å². The third-order valence-corrected chi connectivity index (χ3v) is 14.6. The highest BCUT2D eigenvalue weighted by Crippen LogP contribution is 2.43. The number of aliphatic hydroxyl groups excluding tert-OH is 1. The van der Waals surface area contributed by atoms with Gasteiger partial charge in [0.1, 0.15) is 34.8 Å². The molecular weight excluding hydrogens is 837 g/mol. The summed E-state index contributed by atoms with van der Waals surface area (Å²) < 4.78 is 46.5. The van der Waals surface area contributed by atoms with E-state index < -0.39 is 95.5 Å². The number of aromatic nitrogens is 1. The van der Waals surface area contributed by atoms with Crippen molar-refractivity contribution in [3.05, 3.63) is 36.5 Å². The van der Waals surface area contributed by atoms with E-state index in [1.165, 1.54) is 6.92 Å². The minimum Gasteiger partial charge on any atom is -0.483 e. The molecule has 0 unspecified atom stereocenters. The summed E-state index contributed by atoms with van der Waals surface area (Å²) in [6, 6.07) is 8.67. The van der Waals surface area contributed by atoms with E-state index in [1.54, 1.807) is 47.9 Å². The van der Waals surface area contributed by atoms with Gasteiger partial charge in [-0.15, -0.1) is 0 Å². The number of methoxy groups -OCH3 is 1. The average molecular weight is 919 g/mol. The molecule has 0 spiro atoms. The number of cyclic esters (lactones) is 1. The number of nitrogens with one attached hydrogen (secondary N) is 3. The molecule has 3 saturated heterocycles. The number of carbonyl (C=O) groups is 1. The van der Waals surface area contributed by atoms with Gasteiger partial charge in [0.05, 0.1) is 47.5 Å². The molecule has 16 nitrogen and oxygen atoms in total. The van der Waals surface area contributed by atoms with E-state index in [-0.39, 0.29) is 43.9 Å². The molecule has 7 N–H and O–H groups in total. The number of nitrogens with zero attached hydrogens (tertiary/aromatic N) is 1. The maximum absolute atomic E-state index is 14.6. The fourth-order valence-corrected chi connectivity index (χ4v) is 10.4. The minimum atomic E-state index is -1.83. The largest absolute Gasteiger partial charge is 0.483 e. The zero-order chi connectivity index (χ0) is 48.1. The molecule has 0 aliphatic carbocycles. The van der Waals surface area contributed by atoms with Crippen molar-refractivity contribution in [2.75, 3.05) is 33.8 Å². The number of rotatable bonds is 13. The Bertz CT molecular complexity index is 1820. The summed E-state index contributed by atoms with van der Waals surface area (Å²) in [6.45, 7) is 21.2. The lowest BCUT2D eigenvalue weighted by Gasteiger charge is -2.53. The van der Waals surface area contributed by atoms with E-state index in [4.69, 9.17) is 33.2 Å². The van der Waals surface area contributed by atoms with Crippen molar-refractivity contribution in [2.45, 2.75) is 198 Å². The minimum absolute atomic E-state index is 0.0903. The second kappa shape index (κ2) is 22.2. The summed E-state index contributed by atoms with van der Waals surface area (Å²) in [5, 5.41) is 59.4. The third-order valence-electron chi connectivity index (χ3n) is 14.6. The van der Waals surface area contributed by atoms with Crippen molar-refractivity contribution in [1.82, 2.24) is 20.9 Å². The van der Waals surface area contributed by atoms with Crippen LogP contribution in [0.5, 0.6) is 5.75 Å². The first-order chi connectivity index (χ1) is 30.6. The molecule has 4 heterocycles. The summed E-state index contributed by atoms with van der Waals surface area (Å²) in [6.07, 6.45) is -4.56. The number of benzene rings is 1. The van der Waals surface area contributed by atoms with E-state index in [0.29, 0.717) is 25.3 Å². The second-order valence-electron chi connectivity index (χ2n) is 20.0. The highest BCUT2D eigenvalue weighted by atomic mass is 16.7. The van der Waals surface area contributed by atoms with E-state index in [1.807, 2.05) is 72.0 Å². The van der Waals surface area contributed by atoms with Gasteiger partial charge in [0.25, 0.3) is 0 Å². The topological polar surface area (TPSA) is 212 Å². The number of esters is 1.